The highest BCUT2D eigenvalue weighted by Crippen LogP contribution is 2.36. The molecule has 2 aliphatic heterocycles. The molecule has 5 rings (SSSR count). The SMILES string of the molecule is CN=C(NCCc1c[nH]c2ccc(F)cc12)NC1CC2CCC(C1)N2Cc1ccccc1.I. The number of aliphatic imine (C=N–C) groups is 1. The Kier molecular flexibility index (Phi) is 7.90. The van der Waals surface area contributed by atoms with Gasteiger partial charge in [0, 0.05) is 55.4 Å². The number of fused-ring (bicyclic) bond motifs is 3. The van der Waals surface area contributed by atoms with Gasteiger partial charge in [0.2, 0.25) is 0 Å². The van der Waals surface area contributed by atoms with Crippen LogP contribution >= 0.6 is 24.0 Å². The molecule has 33 heavy (non-hydrogen) atoms. The zero-order chi connectivity index (χ0) is 21.9. The van der Waals surface area contributed by atoms with Gasteiger partial charge in [0.05, 0.1) is 0 Å². The lowest BCUT2D eigenvalue weighted by Gasteiger charge is -2.39. The number of hydrogen-bond donors (Lipinski definition) is 3. The largest absolute Gasteiger partial charge is 0.361 e. The minimum Gasteiger partial charge on any atom is -0.361 e. The molecule has 0 spiro atoms. The highest BCUT2D eigenvalue weighted by atomic mass is 127. The van der Waals surface area contributed by atoms with Crippen LogP contribution < -0.4 is 10.6 Å². The minimum atomic E-state index is -0.197. The van der Waals surface area contributed by atoms with Crippen LogP contribution in [0, 0.1) is 5.82 Å². The van der Waals surface area contributed by atoms with Crippen molar-refractivity contribution < 1.29 is 4.39 Å². The summed E-state index contributed by atoms with van der Waals surface area (Å²) in [7, 11) is 1.83. The fourth-order valence-corrected chi connectivity index (χ4v) is 5.51. The summed E-state index contributed by atoms with van der Waals surface area (Å²) in [4.78, 5) is 10.4. The molecule has 0 aliphatic carbocycles. The molecule has 3 heterocycles. The predicted molar refractivity (Wildman–Crippen MR) is 144 cm³/mol. The van der Waals surface area contributed by atoms with E-state index in [1.54, 1.807) is 12.1 Å². The van der Waals surface area contributed by atoms with Gasteiger partial charge in [0.15, 0.2) is 5.96 Å². The number of H-pyrrole nitrogens is 1. The smallest absolute Gasteiger partial charge is 0.191 e. The van der Waals surface area contributed by atoms with Gasteiger partial charge in [-0.2, -0.15) is 0 Å². The normalized spacial score (nSPS) is 22.8. The number of hydrogen-bond acceptors (Lipinski definition) is 2. The third kappa shape index (κ3) is 5.51. The maximum absolute atomic E-state index is 13.6. The van der Waals surface area contributed by atoms with Crippen molar-refractivity contribution in [2.24, 2.45) is 4.99 Å². The van der Waals surface area contributed by atoms with Crippen molar-refractivity contribution in [2.75, 3.05) is 13.6 Å². The molecular formula is C26H33FIN5. The molecule has 0 amide bonds. The Morgan fingerprint density at radius 3 is 2.61 bits per heavy atom. The molecule has 7 heteroatoms. The van der Waals surface area contributed by atoms with Gasteiger partial charge >= 0.3 is 0 Å². The topological polar surface area (TPSA) is 55.5 Å². The first kappa shape index (κ1) is 24.0. The Morgan fingerprint density at radius 1 is 1.12 bits per heavy atom. The molecular weight excluding hydrogens is 528 g/mol. The summed E-state index contributed by atoms with van der Waals surface area (Å²) in [6.45, 7) is 1.81. The number of piperidine rings is 1. The molecule has 2 bridgehead atoms. The maximum Gasteiger partial charge on any atom is 0.191 e. The molecule has 2 aliphatic rings. The molecule has 2 atom stereocenters. The standard InChI is InChI=1S/C26H32FN5.HI/c1-28-26(29-12-11-19-16-30-25-10-7-20(27)13-24(19)25)31-21-14-22-8-9-23(15-21)32(22)17-18-5-3-2-4-6-18;/h2-7,10,13,16,21-23,30H,8-9,11-12,14-15,17H2,1H3,(H2,28,29,31);1H. The summed E-state index contributed by atoms with van der Waals surface area (Å²) in [6, 6.07) is 17.4. The van der Waals surface area contributed by atoms with Crippen LogP contribution in [0.5, 0.6) is 0 Å². The van der Waals surface area contributed by atoms with Crippen molar-refractivity contribution in [2.45, 2.75) is 56.8 Å². The monoisotopic (exact) mass is 561 g/mol. The summed E-state index contributed by atoms with van der Waals surface area (Å²) in [5.74, 6) is 0.661. The Labute approximate surface area is 212 Å². The lowest BCUT2D eigenvalue weighted by molar-refractivity contribution is 0.114. The lowest BCUT2D eigenvalue weighted by Crippen LogP contribution is -2.52. The van der Waals surface area contributed by atoms with Crippen LogP contribution in [0.2, 0.25) is 0 Å². The molecule has 2 saturated heterocycles. The molecule has 2 unspecified atom stereocenters. The summed E-state index contributed by atoms with van der Waals surface area (Å²) < 4.78 is 13.6. The molecule has 0 radical (unpaired) electrons. The summed E-state index contributed by atoms with van der Waals surface area (Å²) in [5, 5.41) is 8.07. The number of nitrogens with zero attached hydrogens (tertiary/aromatic N) is 2. The van der Waals surface area contributed by atoms with E-state index in [2.05, 4.69) is 55.8 Å². The number of nitrogens with one attached hydrogen (secondary N) is 3. The molecule has 5 nitrogen and oxygen atoms in total. The van der Waals surface area contributed by atoms with E-state index in [1.807, 2.05) is 13.2 Å². The van der Waals surface area contributed by atoms with Crippen LogP contribution in [0.15, 0.2) is 59.7 Å². The number of guanidine groups is 1. The second-order valence-corrected chi connectivity index (χ2v) is 9.11. The van der Waals surface area contributed by atoms with Crippen LogP contribution in [-0.4, -0.2) is 47.6 Å². The first-order valence-corrected chi connectivity index (χ1v) is 11.7. The van der Waals surface area contributed by atoms with Crippen LogP contribution in [0.1, 0.15) is 36.8 Å². The summed E-state index contributed by atoms with van der Waals surface area (Å²) >= 11 is 0. The summed E-state index contributed by atoms with van der Waals surface area (Å²) in [5.41, 5.74) is 3.50. The van der Waals surface area contributed by atoms with Gasteiger partial charge in [-0.15, -0.1) is 24.0 Å². The third-order valence-corrected chi connectivity index (χ3v) is 7.07. The van der Waals surface area contributed by atoms with Crippen LogP contribution in [-0.2, 0) is 13.0 Å². The van der Waals surface area contributed by atoms with Crippen molar-refractivity contribution in [3.05, 3.63) is 71.7 Å². The lowest BCUT2D eigenvalue weighted by atomic mass is 9.96. The minimum absolute atomic E-state index is 0. The van der Waals surface area contributed by atoms with E-state index >= 15 is 0 Å². The fourth-order valence-electron chi connectivity index (χ4n) is 5.51. The number of aromatic nitrogens is 1. The highest BCUT2D eigenvalue weighted by molar-refractivity contribution is 14.0. The van der Waals surface area contributed by atoms with Gasteiger partial charge in [0.25, 0.3) is 0 Å². The average Bonchev–Trinajstić information content (AvgIpc) is 3.30. The van der Waals surface area contributed by atoms with Gasteiger partial charge < -0.3 is 15.6 Å². The van der Waals surface area contributed by atoms with E-state index in [9.17, 15) is 4.39 Å². The molecule has 2 aromatic carbocycles. The van der Waals surface area contributed by atoms with Gasteiger partial charge in [-0.05, 0) is 61.4 Å². The maximum atomic E-state index is 13.6. The van der Waals surface area contributed by atoms with E-state index in [1.165, 1.54) is 24.5 Å². The van der Waals surface area contributed by atoms with Gasteiger partial charge in [-0.1, -0.05) is 30.3 Å². The fraction of sp³-hybridized carbons (Fsp3) is 0.423. The van der Waals surface area contributed by atoms with Gasteiger partial charge in [0.1, 0.15) is 5.82 Å². The van der Waals surface area contributed by atoms with Crippen molar-refractivity contribution in [3.8, 4) is 0 Å². The van der Waals surface area contributed by atoms with Gasteiger partial charge in [-0.25, -0.2) is 4.39 Å². The zero-order valence-electron chi connectivity index (χ0n) is 19.1. The highest BCUT2D eigenvalue weighted by Gasteiger charge is 2.40. The predicted octanol–water partition coefficient (Wildman–Crippen LogP) is 4.83. The molecule has 0 saturated carbocycles. The number of rotatable bonds is 6. The van der Waals surface area contributed by atoms with E-state index in [0.717, 1.165) is 54.8 Å². The van der Waals surface area contributed by atoms with E-state index in [-0.39, 0.29) is 29.8 Å². The Balaban J connectivity index is 0.00000259. The quantitative estimate of drug-likeness (QED) is 0.230. The van der Waals surface area contributed by atoms with Gasteiger partial charge in [-0.3, -0.25) is 9.89 Å². The van der Waals surface area contributed by atoms with Crippen LogP contribution in [0.25, 0.3) is 10.9 Å². The Bertz CT molecular complexity index is 1070. The van der Waals surface area contributed by atoms with Crippen molar-refractivity contribution >= 4 is 40.8 Å². The van der Waals surface area contributed by atoms with E-state index < -0.39 is 0 Å². The molecule has 1 aromatic heterocycles. The van der Waals surface area contributed by atoms with E-state index in [0.29, 0.717) is 18.1 Å². The van der Waals surface area contributed by atoms with Crippen molar-refractivity contribution in [1.29, 1.82) is 0 Å². The third-order valence-electron chi connectivity index (χ3n) is 7.07. The van der Waals surface area contributed by atoms with Crippen molar-refractivity contribution in [3.63, 3.8) is 0 Å². The first-order valence-electron chi connectivity index (χ1n) is 11.7. The molecule has 3 N–H and O–H groups in total. The van der Waals surface area contributed by atoms with Crippen LogP contribution in [0.3, 0.4) is 0 Å². The zero-order valence-corrected chi connectivity index (χ0v) is 21.4. The van der Waals surface area contributed by atoms with Crippen molar-refractivity contribution in [1.82, 2.24) is 20.5 Å². The first-order chi connectivity index (χ1) is 15.7. The second-order valence-electron chi connectivity index (χ2n) is 9.11. The number of halogens is 2. The number of benzene rings is 2. The molecule has 176 valence electrons. The summed E-state index contributed by atoms with van der Waals surface area (Å²) in [6.07, 6.45) is 7.68. The Morgan fingerprint density at radius 2 is 1.88 bits per heavy atom. The Hall–Kier alpha value is -2.13. The van der Waals surface area contributed by atoms with E-state index in [4.69, 9.17) is 0 Å². The number of aromatic amines is 1. The average molecular weight is 561 g/mol. The molecule has 3 aromatic rings. The molecule has 2 fully saturated rings. The second kappa shape index (κ2) is 10.9. The van der Waals surface area contributed by atoms with Crippen LogP contribution in [0.4, 0.5) is 4.39 Å².